The maximum Gasteiger partial charge on any atom is 0.243 e. The monoisotopic (exact) mass is 289 g/mol. The minimum atomic E-state index is -3.75. The van der Waals surface area contributed by atoms with Crippen molar-refractivity contribution in [2.24, 2.45) is 0 Å². The van der Waals surface area contributed by atoms with Crippen LogP contribution in [0.2, 0.25) is 0 Å². The smallest absolute Gasteiger partial charge is 0.207 e. The Labute approximate surface area is 112 Å². The van der Waals surface area contributed by atoms with E-state index in [0.29, 0.717) is 0 Å². The Bertz CT molecular complexity index is 554. The highest BCUT2D eigenvalue weighted by Crippen LogP contribution is 2.26. The molecule has 0 unspecified atom stereocenters. The van der Waals surface area contributed by atoms with Gasteiger partial charge in [-0.05, 0) is 31.0 Å². The summed E-state index contributed by atoms with van der Waals surface area (Å²) in [5, 5.41) is 0. The van der Waals surface area contributed by atoms with E-state index in [2.05, 4.69) is 0 Å². The second-order valence-corrected chi connectivity index (χ2v) is 6.89. The Morgan fingerprint density at radius 1 is 1.11 bits per heavy atom. The first kappa shape index (κ1) is 14.4. The SMILES string of the molecule is CN(C1CCCCC1)S(=O)(=O)c1ccc(F)c(F)c1. The molecule has 6 heteroatoms. The number of hydrogen-bond donors (Lipinski definition) is 0. The molecule has 19 heavy (non-hydrogen) atoms. The van der Waals surface area contributed by atoms with Gasteiger partial charge < -0.3 is 0 Å². The first-order chi connectivity index (χ1) is 8.93. The van der Waals surface area contributed by atoms with Gasteiger partial charge in [0, 0.05) is 13.1 Å². The van der Waals surface area contributed by atoms with Crippen LogP contribution in [0.15, 0.2) is 23.1 Å². The van der Waals surface area contributed by atoms with E-state index >= 15 is 0 Å². The fourth-order valence-electron chi connectivity index (χ4n) is 2.44. The molecular weight excluding hydrogens is 272 g/mol. The molecule has 1 aliphatic carbocycles. The van der Waals surface area contributed by atoms with Crippen LogP contribution in [-0.2, 0) is 10.0 Å². The van der Waals surface area contributed by atoms with Gasteiger partial charge >= 0.3 is 0 Å². The zero-order valence-electron chi connectivity index (χ0n) is 10.8. The van der Waals surface area contributed by atoms with Gasteiger partial charge in [-0.15, -0.1) is 0 Å². The summed E-state index contributed by atoms with van der Waals surface area (Å²) in [6, 6.07) is 2.64. The van der Waals surface area contributed by atoms with Crippen LogP contribution >= 0.6 is 0 Å². The molecule has 0 spiro atoms. The van der Waals surface area contributed by atoms with Crippen LogP contribution in [-0.4, -0.2) is 25.8 Å². The van der Waals surface area contributed by atoms with E-state index in [1.54, 1.807) is 0 Å². The maximum absolute atomic E-state index is 13.2. The summed E-state index contributed by atoms with van der Waals surface area (Å²) >= 11 is 0. The standard InChI is InChI=1S/C13H17F2NO2S/c1-16(10-5-3-2-4-6-10)19(17,18)11-7-8-12(14)13(15)9-11/h7-10H,2-6H2,1H3. The zero-order chi connectivity index (χ0) is 14.0. The highest BCUT2D eigenvalue weighted by Gasteiger charge is 2.29. The van der Waals surface area contributed by atoms with E-state index < -0.39 is 21.7 Å². The quantitative estimate of drug-likeness (QED) is 0.858. The van der Waals surface area contributed by atoms with Gasteiger partial charge in [-0.25, -0.2) is 17.2 Å². The lowest BCUT2D eigenvalue weighted by molar-refractivity contribution is 0.285. The number of nitrogens with zero attached hydrogens (tertiary/aromatic N) is 1. The highest BCUT2D eigenvalue weighted by molar-refractivity contribution is 7.89. The Kier molecular flexibility index (Phi) is 4.20. The summed E-state index contributed by atoms with van der Waals surface area (Å²) in [6.45, 7) is 0. The average Bonchev–Trinajstić information content (AvgIpc) is 2.41. The van der Waals surface area contributed by atoms with Crippen LogP contribution in [0.3, 0.4) is 0 Å². The van der Waals surface area contributed by atoms with Crippen molar-refractivity contribution in [3.63, 3.8) is 0 Å². The molecular formula is C13H17F2NO2S. The van der Waals surface area contributed by atoms with Crippen LogP contribution < -0.4 is 0 Å². The van der Waals surface area contributed by atoms with Crippen molar-refractivity contribution >= 4 is 10.0 Å². The van der Waals surface area contributed by atoms with Gasteiger partial charge in [-0.1, -0.05) is 19.3 Å². The van der Waals surface area contributed by atoms with Crippen LogP contribution in [0.5, 0.6) is 0 Å². The van der Waals surface area contributed by atoms with Crippen molar-refractivity contribution < 1.29 is 17.2 Å². The van der Waals surface area contributed by atoms with E-state index in [4.69, 9.17) is 0 Å². The van der Waals surface area contributed by atoms with Crippen LogP contribution in [0.4, 0.5) is 8.78 Å². The van der Waals surface area contributed by atoms with Gasteiger partial charge in [0.15, 0.2) is 11.6 Å². The molecule has 1 fully saturated rings. The fourth-order valence-corrected chi connectivity index (χ4v) is 3.87. The van der Waals surface area contributed by atoms with Gasteiger partial charge in [-0.2, -0.15) is 4.31 Å². The highest BCUT2D eigenvalue weighted by atomic mass is 32.2. The molecule has 0 radical (unpaired) electrons. The van der Waals surface area contributed by atoms with Crippen molar-refractivity contribution in [1.82, 2.24) is 4.31 Å². The molecule has 3 nitrogen and oxygen atoms in total. The zero-order valence-corrected chi connectivity index (χ0v) is 11.6. The molecule has 1 saturated carbocycles. The topological polar surface area (TPSA) is 37.4 Å². The molecule has 1 aliphatic rings. The summed E-state index contributed by atoms with van der Waals surface area (Å²) in [5.74, 6) is -2.18. The van der Waals surface area contributed by atoms with Crippen LogP contribution in [0.1, 0.15) is 32.1 Å². The Morgan fingerprint density at radius 3 is 2.32 bits per heavy atom. The molecule has 1 aromatic carbocycles. The summed E-state index contributed by atoms with van der Waals surface area (Å²) in [6.07, 6.45) is 4.76. The van der Waals surface area contributed by atoms with Gasteiger partial charge in [0.2, 0.25) is 10.0 Å². The minimum absolute atomic E-state index is 0.0492. The average molecular weight is 289 g/mol. The predicted molar refractivity (Wildman–Crippen MR) is 68.2 cm³/mol. The van der Waals surface area contributed by atoms with Crippen molar-refractivity contribution in [2.75, 3.05) is 7.05 Å². The fraction of sp³-hybridized carbons (Fsp3) is 0.538. The van der Waals surface area contributed by atoms with Gasteiger partial charge in [-0.3, -0.25) is 0 Å². The second kappa shape index (κ2) is 5.54. The van der Waals surface area contributed by atoms with E-state index in [0.717, 1.165) is 50.3 Å². The molecule has 0 aromatic heterocycles. The van der Waals surface area contributed by atoms with Gasteiger partial charge in [0.25, 0.3) is 0 Å². The third-order valence-corrected chi connectivity index (χ3v) is 5.56. The van der Waals surface area contributed by atoms with Crippen molar-refractivity contribution in [3.8, 4) is 0 Å². The number of rotatable bonds is 3. The molecule has 0 amide bonds. The summed E-state index contributed by atoms with van der Waals surface area (Å²) < 4.78 is 52.0. The third-order valence-electron chi connectivity index (χ3n) is 3.66. The lowest BCUT2D eigenvalue weighted by Gasteiger charge is -2.30. The Hall–Kier alpha value is -1.01. The number of benzene rings is 1. The van der Waals surface area contributed by atoms with E-state index in [1.165, 1.54) is 11.4 Å². The van der Waals surface area contributed by atoms with Crippen LogP contribution in [0, 0.1) is 11.6 Å². The molecule has 0 heterocycles. The second-order valence-electron chi connectivity index (χ2n) is 4.89. The lowest BCUT2D eigenvalue weighted by atomic mass is 9.96. The minimum Gasteiger partial charge on any atom is -0.207 e. The summed E-state index contributed by atoms with van der Waals surface area (Å²) in [4.78, 5) is -0.195. The Balaban J connectivity index is 2.27. The largest absolute Gasteiger partial charge is 0.243 e. The molecule has 1 aromatic rings. The molecule has 0 atom stereocenters. The van der Waals surface area contributed by atoms with Crippen LogP contribution in [0.25, 0.3) is 0 Å². The number of sulfonamides is 1. The summed E-state index contributed by atoms with van der Waals surface area (Å²) in [7, 11) is -2.24. The first-order valence-corrected chi connectivity index (χ1v) is 7.80. The molecule has 0 saturated heterocycles. The lowest BCUT2D eigenvalue weighted by Crippen LogP contribution is -2.38. The molecule has 0 N–H and O–H groups in total. The van der Waals surface area contributed by atoms with Crippen molar-refractivity contribution in [1.29, 1.82) is 0 Å². The number of hydrogen-bond acceptors (Lipinski definition) is 2. The predicted octanol–water partition coefficient (Wildman–Crippen LogP) is 2.92. The summed E-state index contributed by atoms with van der Waals surface area (Å²) in [5.41, 5.74) is 0. The van der Waals surface area contributed by atoms with E-state index in [1.807, 2.05) is 0 Å². The first-order valence-electron chi connectivity index (χ1n) is 6.36. The molecule has 0 aliphatic heterocycles. The molecule has 2 rings (SSSR count). The van der Waals surface area contributed by atoms with Gasteiger partial charge in [0.05, 0.1) is 4.90 Å². The van der Waals surface area contributed by atoms with E-state index in [9.17, 15) is 17.2 Å². The normalized spacial score (nSPS) is 17.9. The third kappa shape index (κ3) is 2.95. The van der Waals surface area contributed by atoms with Gasteiger partial charge in [0.1, 0.15) is 0 Å². The Morgan fingerprint density at radius 2 is 1.74 bits per heavy atom. The van der Waals surface area contributed by atoms with E-state index in [-0.39, 0.29) is 10.9 Å². The maximum atomic E-state index is 13.2. The van der Waals surface area contributed by atoms with Crippen molar-refractivity contribution in [2.45, 2.75) is 43.0 Å². The molecule has 106 valence electrons. The van der Waals surface area contributed by atoms with Crippen molar-refractivity contribution in [3.05, 3.63) is 29.8 Å². The molecule has 0 bridgehead atoms. The number of halogens is 2.